The molecule has 7 heteroatoms. The molecule has 2 rings (SSSR count). The van der Waals surface area contributed by atoms with Gasteiger partial charge < -0.3 is 20.1 Å². The molecule has 1 aromatic carbocycles. The zero-order valence-corrected chi connectivity index (χ0v) is 16.1. The van der Waals surface area contributed by atoms with Gasteiger partial charge >= 0.3 is 5.97 Å². The van der Waals surface area contributed by atoms with E-state index in [-0.39, 0.29) is 30.1 Å². The van der Waals surface area contributed by atoms with E-state index in [2.05, 4.69) is 5.32 Å². The molecule has 2 N–H and O–H groups in total. The number of hydrogen-bond donors (Lipinski definition) is 2. The molecule has 1 fully saturated rings. The molecule has 1 heterocycles. The largest absolute Gasteiger partial charge is 0.496 e. The zero-order valence-electron chi connectivity index (χ0n) is 16.1. The fraction of sp³-hybridized carbons (Fsp3) is 0.550. The molecule has 0 saturated carbocycles. The quantitative estimate of drug-likeness (QED) is 0.760. The van der Waals surface area contributed by atoms with Gasteiger partial charge in [0.2, 0.25) is 5.91 Å². The summed E-state index contributed by atoms with van der Waals surface area (Å²) in [6, 6.07) is 6.25. The van der Waals surface area contributed by atoms with Crippen LogP contribution in [0, 0.1) is 11.8 Å². The highest BCUT2D eigenvalue weighted by Gasteiger charge is 2.32. The van der Waals surface area contributed by atoms with Crippen LogP contribution in [0.3, 0.4) is 0 Å². The number of rotatable bonds is 7. The fourth-order valence-corrected chi connectivity index (χ4v) is 3.37. The van der Waals surface area contributed by atoms with Crippen molar-refractivity contribution in [3.63, 3.8) is 0 Å². The maximum Gasteiger partial charge on any atom is 0.303 e. The zero-order chi connectivity index (χ0) is 20.0. The number of amides is 2. The standard InChI is InChI=1S/C20H28N2O5/c1-13(2)18(21-19(25)15-6-4-5-7-16(15)27-3)20(26)22-10-8-14(9-11-22)12-17(23)24/h4-7,13-14,18H,8-12H2,1-3H3,(H,21,25)(H,23,24). The Hall–Kier alpha value is -2.57. The summed E-state index contributed by atoms with van der Waals surface area (Å²) in [6.45, 7) is 4.82. The summed E-state index contributed by atoms with van der Waals surface area (Å²) in [4.78, 5) is 38.2. The number of likely N-dealkylation sites (tertiary alicyclic amines) is 1. The molecule has 0 aromatic heterocycles. The molecule has 1 aliphatic rings. The monoisotopic (exact) mass is 376 g/mol. The van der Waals surface area contributed by atoms with Crippen LogP contribution in [0.25, 0.3) is 0 Å². The van der Waals surface area contributed by atoms with Crippen LogP contribution in [-0.2, 0) is 9.59 Å². The molecule has 0 radical (unpaired) electrons. The lowest BCUT2D eigenvalue weighted by atomic mass is 9.92. The highest BCUT2D eigenvalue weighted by Crippen LogP contribution is 2.22. The third-order valence-corrected chi connectivity index (χ3v) is 4.96. The Labute approximate surface area is 159 Å². The van der Waals surface area contributed by atoms with Crippen molar-refractivity contribution >= 4 is 17.8 Å². The minimum atomic E-state index is -0.802. The summed E-state index contributed by atoms with van der Waals surface area (Å²) in [5.74, 6) is -0.786. The molecule has 1 saturated heterocycles. The minimum Gasteiger partial charge on any atom is -0.496 e. The van der Waals surface area contributed by atoms with Gasteiger partial charge in [0.25, 0.3) is 5.91 Å². The number of methoxy groups -OCH3 is 1. The summed E-state index contributed by atoms with van der Waals surface area (Å²) in [5.41, 5.74) is 0.388. The Morgan fingerprint density at radius 2 is 1.85 bits per heavy atom. The van der Waals surface area contributed by atoms with Crippen LogP contribution in [0.5, 0.6) is 5.75 Å². The van der Waals surface area contributed by atoms with Crippen molar-refractivity contribution in [3.05, 3.63) is 29.8 Å². The van der Waals surface area contributed by atoms with Gasteiger partial charge in [-0.3, -0.25) is 14.4 Å². The van der Waals surface area contributed by atoms with E-state index < -0.39 is 12.0 Å². The molecular formula is C20H28N2O5. The molecule has 0 bridgehead atoms. The molecule has 2 amide bonds. The maximum absolute atomic E-state index is 13.0. The Bertz CT molecular complexity index is 681. The molecule has 1 unspecified atom stereocenters. The molecule has 1 aliphatic heterocycles. The van der Waals surface area contributed by atoms with Gasteiger partial charge in [-0.25, -0.2) is 0 Å². The third kappa shape index (κ3) is 5.45. The van der Waals surface area contributed by atoms with Crippen molar-refractivity contribution in [2.24, 2.45) is 11.8 Å². The second-order valence-corrected chi connectivity index (χ2v) is 7.26. The maximum atomic E-state index is 13.0. The van der Waals surface area contributed by atoms with Gasteiger partial charge in [0.05, 0.1) is 12.7 Å². The van der Waals surface area contributed by atoms with Gasteiger partial charge in [0, 0.05) is 19.5 Å². The SMILES string of the molecule is COc1ccccc1C(=O)NC(C(=O)N1CCC(CC(=O)O)CC1)C(C)C. The average molecular weight is 376 g/mol. The highest BCUT2D eigenvalue weighted by atomic mass is 16.5. The topological polar surface area (TPSA) is 95.9 Å². The minimum absolute atomic E-state index is 0.0760. The van der Waals surface area contributed by atoms with Gasteiger partial charge in [-0.15, -0.1) is 0 Å². The average Bonchev–Trinajstić information content (AvgIpc) is 2.65. The Morgan fingerprint density at radius 3 is 2.41 bits per heavy atom. The molecule has 1 atom stereocenters. The summed E-state index contributed by atoms with van der Waals surface area (Å²) < 4.78 is 5.22. The van der Waals surface area contributed by atoms with E-state index in [1.807, 2.05) is 13.8 Å². The molecule has 0 spiro atoms. The first kappa shape index (κ1) is 20.7. The highest BCUT2D eigenvalue weighted by molar-refractivity contribution is 5.99. The molecular weight excluding hydrogens is 348 g/mol. The molecule has 7 nitrogen and oxygen atoms in total. The van der Waals surface area contributed by atoms with E-state index >= 15 is 0 Å². The first-order valence-corrected chi connectivity index (χ1v) is 9.28. The number of carbonyl (C=O) groups excluding carboxylic acids is 2. The van der Waals surface area contributed by atoms with Gasteiger partial charge in [0.15, 0.2) is 0 Å². The van der Waals surface area contributed by atoms with Crippen LogP contribution in [0.4, 0.5) is 0 Å². The Balaban J connectivity index is 2.03. The number of ether oxygens (including phenoxy) is 1. The second-order valence-electron chi connectivity index (χ2n) is 7.26. The predicted molar refractivity (Wildman–Crippen MR) is 101 cm³/mol. The predicted octanol–water partition coefficient (Wildman–Crippen LogP) is 2.16. The van der Waals surface area contributed by atoms with Crippen LogP contribution in [0.1, 0.15) is 43.5 Å². The van der Waals surface area contributed by atoms with E-state index in [4.69, 9.17) is 9.84 Å². The smallest absolute Gasteiger partial charge is 0.303 e. The van der Waals surface area contributed by atoms with Crippen molar-refractivity contribution in [2.75, 3.05) is 20.2 Å². The van der Waals surface area contributed by atoms with E-state index in [1.54, 1.807) is 29.2 Å². The van der Waals surface area contributed by atoms with Crippen molar-refractivity contribution in [2.45, 2.75) is 39.2 Å². The van der Waals surface area contributed by atoms with E-state index in [0.717, 1.165) is 0 Å². The number of hydrogen-bond acceptors (Lipinski definition) is 4. The lowest BCUT2D eigenvalue weighted by Crippen LogP contribution is -2.53. The Morgan fingerprint density at radius 1 is 1.22 bits per heavy atom. The fourth-order valence-electron chi connectivity index (χ4n) is 3.37. The van der Waals surface area contributed by atoms with E-state index in [1.165, 1.54) is 7.11 Å². The van der Waals surface area contributed by atoms with Crippen LogP contribution in [0.15, 0.2) is 24.3 Å². The first-order chi connectivity index (χ1) is 12.8. The summed E-state index contributed by atoms with van der Waals surface area (Å²) in [6.07, 6.45) is 1.48. The van der Waals surface area contributed by atoms with Gasteiger partial charge in [0.1, 0.15) is 11.8 Å². The number of piperidine rings is 1. The number of nitrogens with zero attached hydrogens (tertiary/aromatic N) is 1. The summed E-state index contributed by atoms with van der Waals surface area (Å²) in [5, 5.41) is 11.8. The van der Waals surface area contributed by atoms with Crippen molar-refractivity contribution < 1.29 is 24.2 Å². The molecule has 1 aromatic rings. The van der Waals surface area contributed by atoms with E-state index in [9.17, 15) is 14.4 Å². The van der Waals surface area contributed by atoms with E-state index in [0.29, 0.717) is 37.2 Å². The summed E-state index contributed by atoms with van der Waals surface area (Å²) in [7, 11) is 1.50. The van der Waals surface area contributed by atoms with Gasteiger partial charge in [-0.2, -0.15) is 0 Å². The molecule has 27 heavy (non-hydrogen) atoms. The Kier molecular flexibility index (Phi) is 7.21. The number of carboxylic acid groups (broad SMARTS) is 1. The first-order valence-electron chi connectivity index (χ1n) is 9.28. The lowest BCUT2D eigenvalue weighted by Gasteiger charge is -2.35. The van der Waals surface area contributed by atoms with Crippen molar-refractivity contribution in [1.29, 1.82) is 0 Å². The van der Waals surface area contributed by atoms with Crippen LogP contribution in [-0.4, -0.2) is 54.0 Å². The summed E-state index contributed by atoms with van der Waals surface area (Å²) >= 11 is 0. The van der Waals surface area contributed by atoms with Crippen molar-refractivity contribution in [1.82, 2.24) is 10.2 Å². The third-order valence-electron chi connectivity index (χ3n) is 4.96. The van der Waals surface area contributed by atoms with Crippen LogP contribution in [0.2, 0.25) is 0 Å². The van der Waals surface area contributed by atoms with Crippen LogP contribution < -0.4 is 10.1 Å². The lowest BCUT2D eigenvalue weighted by molar-refractivity contribution is -0.139. The van der Waals surface area contributed by atoms with Gasteiger partial charge in [-0.1, -0.05) is 26.0 Å². The number of aliphatic carboxylic acids is 1. The normalized spacial score (nSPS) is 16.1. The number of carbonyl (C=O) groups is 3. The number of nitrogens with one attached hydrogen (secondary N) is 1. The molecule has 148 valence electrons. The number of benzene rings is 1. The van der Waals surface area contributed by atoms with Gasteiger partial charge in [-0.05, 0) is 36.8 Å². The second kappa shape index (κ2) is 9.39. The van der Waals surface area contributed by atoms with Crippen molar-refractivity contribution in [3.8, 4) is 5.75 Å². The number of para-hydroxylation sites is 1. The molecule has 0 aliphatic carbocycles. The number of carboxylic acids is 1. The van der Waals surface area contributed by atoms with Crippen LogP contribution >= 0.6 is 0 Å².